The van der Waals surface area contributed by atoms with Gasteiger partial charge in [0.05, 0.1) is 7.11 Å². The molecule has 8 heteroatoms. The highest BCUT2D eigenvalue weighted by Crippen LogP contribution is 2.29. The molecular formula is C17H17N5O3. The van der Waals surface area contributed by atoms with Crippen LogP contribution in [0.4, 0.5) is 0 Å². The first-order valence-corrected chi connectivity index (χ1v) is 7.57. The summed E-state index contributed by atoms with van der Waals surface area (Å²) >= 11 is 0. The zero-order valence-electron chi connectivity index (χ0n) is 13.8. The first-order chi connectivity index (χ1) is 12.1. The van der Waals surface area contributed by atoms with Gasteiger partial charge in [-0.1, -0.05) is 18.2 Å². The largest absolute Gasteiger partial charge is 0.496 e. The minimum absolute atomic E-state index is 0.105. The van der Waals surface area contributed by atoms with Crippen LogP contribution in [0.3, 0.4) is 0 Å². The Bertz CT molecular complexity index is 927. The third-order valence-corrected chi connectivity index (χ3v) is 3.75. The fraction of sp³-hybridized carbons (Fsp3) is 0.176. The van der Waals surface area contributed by atoms with Crippen LogP contribution in [0.2, 0.25) is 0 Å². The minimum Gasteiger partial charge on any atom is -0.496 e. The molecule has 1 aromatic carbocycles. The van der Waals surface area contributed by atoms with Gasteiger partial charge in [0.2, 0.25) is 0 Å². The van der Waals surface area contributed by atoms with Gasteiger partial charge in [-0.3, -0.25) is 9.59 Å². The number of rotatable bonds is 5. The quantitative estimate of drug-likeness (QED) is 0.723. The molecule has 128 valence electrons. The van der Waals surface area contributed by atoms with Crippen LogP contribution in [-0.4, -0.2) is 32.8 Å². The van der Waals surface area contributed by atoms with Crippen molar-refractivity contribution in [3.8, 4) is 5.75 Å². The average Bonchev–Trinajstić information content (AvgIpc) is 3.06. The third-order valence-electron chi connectivity index (χ3n) is 3.75. The molecule has 0 aliphatic rings. The van der Waals surface area contributed by atoms with Crippen LogP contribution in [0.15, 0.2) is 53.6 Å². The van der Waals surface area contributed by atoms with E-state index in [1.165, 1.54) is 12.1 Å². The molecule has 0 aliphatic heterocycles. The number of hydrogen-bond acceptors (Lipinski definition) is 5. The number of benzene rings is 1. The van der Waals surface area contributed by atoms with E-state index in [0.717, 1.165) is 5.56 Å². The van der Waals surface area contributed by atoms with Gasteiger partial charge in [0.1, 0.15) is 23.3 Å². The molecule has 0 bridgehead atoms. The number of hydrogen-bond donors (Lipinski definition) is 2. The van der Waals surface area contributed by atoms with E-state index in [2.05, 4.69) is 20.5 Å². The predicted molar refractivity (Wildman–Crippen MR) is 90.4 cm³/mol. The predicted octanol–water partition coefficient (Wildman–Crippen LogP) is 1.03. The first-order valence-electron chi connectivity index (χ1n) is 7.57. The summed E-state index contributed by atoms with van der Waals surface area (Å²) in [5.41, 5.74) is 0.493. The van der Waals surface area contributed by atoms with Gasteiger partial charge in [0.15, 0.2) is 0 Å². The average molecular weight is 339 g/mol. The Kier molecular flexibility index (Phi) is 4.60. The number of imidazole rings is 1. The Morgan fingerprint density at radius 1 is 1.28 bits per heavy atom. The Labute approximate surface area is 143 Å². The summed E-state index contributed by atoms with van der Waals surface area (Å²) in [6.07, 6.45) is 3.45. The second kappa shape index (κ2) is 7.00. The zero-order chi connectivity index (χ0) is 17.8. The number of nitrogens with one attached hydrogen (secondary N) is 2. The van der Waals surface area contributed by atoms with Gasteiger partial charge >= 0.3 is 0 Å². The smallest absolute Gasteiger partial charge is 0.272 e. The summed E-state index contributed by atoms with van der Waals surface area (Å²) in [4.78, 5) is 28.0. The molecule has 1 amide bonds. The lowest BCUT2D eigenvalue weighted by Gasteiger charge is -2.21. The lowest BCUT2D eigenvalue weighted by atomic mass is 10.0. The molecule has 1 atom stereocenters. The van der Waals surface area contributed by atoms with E-state index >= 15 is 0 Å². The van der Waals surface area contributed by atoms with Crippen molar-refractivity contribution >= 4 is 5.91 Å². The molecule has 0 fully saturated rings. The summed E-state index contributed by atoms with van der Waals surface area (Å²) in [5, 5.41) is 8.91. The Hall–Kier alpha value is -3.42. The van der Waals surface area contributed by atoms with E-state index in [1.807, 2.05) is 35.9 Å². The molecule has 3 aromatic rings. The van der Waals surface area contributed by atoms with Crippen LogP contribution in [0, 0.1) is 0 Å². The van der Waals surface area contributed by atoms with Gasteiger partial charge in [0, 0.05) is 31.1 Å². The number of para-hydroxylation sites is 1. The van der Waals surface area contributed by atoms with Crippen LogP contribution in [0.25, 0.3) is 0 Å². The van der Waals surface area contributed by atoms with Crippen LogP contribution in [0.1, 0.15) is 27.9 Å². The lowest BCUT2D eigenvalue weighted by Crippen LogP contribution is -2.32. The van der Waals surface area contributed by atoms with Crippen molar-refractivity contribution in [1.82, 2.24) is 25.1 Å². The van der Waals surface area contributed by atoms with E-state index in [0.29, 0.717) is 11.6 Å². The second-order valence-corrected chi connectivity index (χ2v) is 5.35. The molecule has 0 spiro atoms. The fourth-order valence-electron chi connectivity index (χ4n) is 2.52. The van der Waals surface area contributed by atoms with Gasteiger partial charge in [-0.2, -0.15) is 5.10 Å². The molecule has 0 radical (unpaired) electrons. The number of carbonyl (C=O) groups excluding carboxylic acids is 1. The standard InChI is InChI=1S/C17H17N5O3/c1-22-10-9-18-16(22)15(11-5-3-4-6-13(11)25-2)19-17(24)12-7-8-14(23)21-20-12/h3-10,15H,1-2H3,(H,19,24)(H,21,23)/t15-/m0/s1. The molecule has 8 nitrogen and oxygen atoms in total. The number of aryl methyl sites for hydroxylation is 1. The van der Waals surface area contributed by atoms with Crippen LogP contribution >= 0.6 is 0 Å². The number of aromatic amines is 1. The highest BCUT2D eigenvalue weighted by molar-refractivity contribution is 5.92. The number of aromatic nitrogens is 4. The van der Waals surface area contributed by atoms with Crippen molar-refractivity contribution in [2.45, 2.75) is 6.04 Å². The van der Waals surface area contributed by atoms with Crippen LogP contribution in [-0.2, 0) is 7.05 Å². The highest BCUT2D eigenvalue weighted by Gasteiger charge is 2.24. The number of nitrogens with zero attached hydrogens (tertiary/aromatic N) is 3. The Balaban J connectivity index is 2.00. The maximum atomic E-state index is 12.6. The summed E-state index contributed by atoms with van der Waals surface area (Å²) in [5.74, 6) is 0.836. The number of ether oxygens (including phenoxy) is 1. The summed E-state index contributed by atoms with van der Waals surface area (Å²) in [7, 11) is 3.41. The van der Waals surface area contributed by atoms with Crippen molar-refractivity contribution in [3.05, 3.63) is 76.2 Å². The maximum absolute atomic E-state index is 12.6. The molecule has 25 heavy (non-hydrogen) atoms. The van der Waals surface area contributed by atoms with E-state index in [9.17, 15) is 9.59 Å². The Morgan fingerprint density at radius 2 is 2.08 bits per heavy atom. The molecular weight excluding hydrogens is 322 g/mol. The maximum Gasteiger partial charge on any atom is 0.272 e. The molecule has 2 aromatic heterocycles. The second-order valence-electron chi connectivity index (χ2n) is 5.35. The SMILES string of the molecule is COc1ccccc1[C@H](NC(=O)c1ccc(=O)[nH]n1)c1nccn1C. The normalized spacial score (nSPS) is 11.8. The highest BCUT2D eigenvalue weighted by atomic mass is 16.5. The molecule has 2 heterocycles. The van der Waals surface area contributed by atoms with Crippen LogP contribution < -0.4 is 15.6 Å². The van der Waals surface area contributed by atoms with E-state index in [1.54, 1.807) is 19.5 Å². The molecule has 0 saturated heterocycles. The third kappa shape index (κ3) is 3.42. The summed E-state index contributed by atoms with van der Waals surface area (Å²) < 4.78 is 7.23. The molecule has 2 N–H and O–H groups in total. The van der Waals surface area contributed by atoms with E-state index in [4.69, 9.17) is 4.74 Å². The van der Waals surface area contributed by atoms with E-state index in [-0.39, 0.29) is 11.3 Å². The van der Waals surface area contributed by atoms with Crippen LogP contribution in [0.5, 0.6) is 5.75 Å². The molecule has 0 aliphatic carbocycles. The van der Waals surface area contributed by atoms with E-state index < -0.39 is 11.9 Å². The first kappa shape index (κ1) is 16.4. The lowest BCUT2D eigenvalue weighted by molar-refractivity contribution is 0.0934. The fourth-order valence-corrected chi connectivity index (χ4v) is 2.52. The summed E-state index contributed by atoms with van der Waals surface area (Å²) in [6, 6.07) is 9.46. The monoisotopic (exact) mass is 339 g/mol. The van der Waals surface area contributed by atoms with Gasteiger partial charge in [-0.05, 0) is 12.1 Å². The van der Waals surface area contributed by atoms with Crippen molar-refractivity contribution in [1.29, 1.82) is 0 Å². The Morgan fingerprint density at radius 3 is 2.72 bits per heavy atom. The minimum atomic E-state index is -0.544. The molecule has 0 unspecified atom stereocenters. The number of methoxy groups -OCH3 is 1. The van der Waals surface area contributed by atoms with Gasteiger partial charge < -0.3 is 14.6 Å². The van der Waals surface area contributed by atoms with Crippen molar-refractivity contribution in [2.75, 3.05) is 7.11 Å². The number of amides is 1. The van der Waals surface area contributed by atoms with Gasteiger partial charge in [-0.15, -0.1) is 0 Å². The molecule has 3 rings (SSSR count). The topological polar surface area (TPSA) is 102 Å². The number of carbonyl (C=O) groups is 1. The van der Waals surface area contributed by atoms with Crippen molar-refractivity contribution in [2.24, 2.45) is 7.05 Å². The van der Waals surface area contributed by atoms with Crippen molar-refractivity contribution in [3.63, 3.8) is 0 Å². The zero-order valence-corrected chi connectivity index (χ0v) is 13.8. The van der Waals surface area contributed by atoms with Crippen molar-refractivity contribution < 1.29 is 9.53 Å². The summed E-state index contributed by atoms with van der Waals surface area (Å²) in [6.45, 7) is 0. The van der Waals surface area contributed by atoms with Gasteiger partial charge in [-0.25, -0.2) is 10.1 Å². The molecule has 0 saturated carbocycles. The number of H-pyrrole nitrogens is 1. The van der Waals surface area contributed by atoms with Gasteiger partial charge in [0.25, 0.3) is 11.5 Å².